The summed E-state index contributed by atoms with van der Waals surface area (Å²) in [6.07, 6.45) is -0.549. The molecular formula is C18H21NO2. The van der Waals surface area contributed by atoms with Crippen molar-refractivity contribution in [1.82, 2.24) is 0 Å². The summed E-state index contributed by atoms with van der Waals surface area (Å²) in [6.45, 7) is 7.76. The van der Waals surface area contributed by atoms with Crippen molar-refractivity contribution in [2.45, 2.75) is 33.8 Å². The van der Waals surface area contributed by atoms with Gasteiger partial charge in [0.1, 0.15) is 5.75 Å². The molecule has 0 spiro atoms. The molecule has 2 aromatic carbocycles. The molecule has 0 aliphatic heterocycles. The van der Waals surface area contributed by atoms with Crippen molar-refractivity contribution in [3.8, 4) is 5.75 Å². The Morgan fingerprint density at radius 2 is 1.76 bits per heavy atom. The van der Waals surface area contributed by atoms with Crippen molar-refractivity contribution >= 4 is 11.6 Å². The molecule has 1 N–H and O–H groups in total. The minimum atomic E-state index is -0.549. The van der Waals surface area contributed by atoms with Crippen molar-refractivity contribution in [3.05, 3.63) is 59.2 Å². The second kappa shape index (κ2) is 6.44. The highest BCUT2D eigenvalue weighted by molar-refractivity contribution is 5.94. The van der Waals surface area contributed by atoms with Crippen LogP contribution in [-0.4, -0.2) is 12.0 Å². The number of carbonyl (C=O) groups is 1. The van der Waals surface area contributed by atoms with Crippen LogP contribution < -0.4 is 10.1 Å². The van der Waals surface area contributed by atoms with Crippen LogP contribution in [0.2, 0.25) is 0 Å². The van der Waals surface area contributed by atoms with Gasteiger partial charge in [-0.1, -0.05) is 29.8 Å². The first-order valence-corrected chi connectivity index (χ1v) is 7.07. The third kappa shape index (κ3) is 4.09. The summed E-state index contributed by atoms with van der Waals surface area (Å²) < 4.78 is 5.75. The van der Waals surface area contributed by atoms with Crippen LogP contribution in [0.3, 0.4) is 0 Å². The number of rotatable bonds is 4. The lowest BCUT2D eigenvalue weighted by molar-refractivity contribution is -0.122. The predicted octanol–water partition coefficient (Wildman–Crippen LogP) is 4.02. The summed E-state index contributed by atoms with van der Waals surface area (Å²) in [5.74, 6) is 0.591. The lowest BCUT2D eigenvalue weighted by Gasteiger charge is -2.16. The number of ether oxygens (including phenoxy) is 1. The van der Waals surface area contributed by atoms with Crippen LogP contribution >= 0.6 is 0 Å². The number of aryl methyl sites for hydroxylation is 3. The lowest BCUT2D eigenvalue weighted by atomic mass is 10.1. The second-order valence-corrected chi connectivity index (χ2v) is 5.39. The average Bonchev–Trinajstić information content (AvgIpc) is 2.41. The van der Waals surface area contributed by atoms with Crippen LogP contribution in [0.1, 0.15) is 23.6 Å². The van der Waals surface area contributed by atoms with Gasteiger partial charge < -0.3 is 10.1 Å². The first-order chi connectivity index (χ1) is 9.95. The molecule has 3 nitrogen and oxygen atoms in total. The smallest absolute Gasteiger partial charge is 0.265 e. The van der Waals surface area contributed by atoms with E-state index >= 15 is 0 Å². The van der Waals surface area contributed by atoms with E-state index in [2.05, 4.69) is 5.32 Å². The molecule has 110 valence electrons. The molecule has 2 aromatic rings. The molecule has 0 saturated carbocycles. The Morgan fingerprint density at radius 1 is 1.05 bits per heavy atom. The van der Waals surface area contributed by atoms with Gasteiger partial charge in [0.15, 0.2) is 6.10 Å². The van der Waals surface area contributed by atoms with Gasteiger partial charge in [0, 0.05) is 5.69 Å². The molecule has 0 heterocycles. The largest absolute Gasteiger partial charge is 0.481 e. The molecule has 1 atom stereocenters. The molecule has 0 fully saturated rings. The maximum absolute atomic E-state index is 12.2. The van der Waals surface area contributed by atoms with Crippen LogP contribution in [0.15, 0.2) is 42.5 Å². The molecule has 3 heteroatoms. The quantitative estimate of drug-likeness (QED) is 0.920. The molecule has 0 aliphatic carbocycles. The van der Waals surface area contributed by atoms with Crippen molar-refractivity contribution in [3.63, 3.8) is 0 Å². The van der Waals surface area contributed by atoms with Gasteiger partial charge in [-0.25, -0.2) is 0 Å². The summed E-state index contributed by atoms with van der Waals surface area (Å²) >= 11 is 0. The number of anilines is 1. The molecule has 1 amide bonds. The van der Waals surface area contributed by atoms with E-state index in [1.165, 1.54) is 5.56 Å². The van der Waals surface area contributed by atoms with Crippen LogP contribution in [0.25, 0.3) is 0 Å². The highest BCUT2D eigenvalue weighted by Gasteiger charge is 2.15. The van der Waals surface area contributed by atoms with Gasteiger partial charge in [-0.3, -0.25) is 4.79 Å². The van der Waals surface area contributed by atoms with Gasteiger partial charge in [-0.2, -0.15) is 0 Å². The van der Waals surface area contributed by atoms with E-state index in [0.29, 0.717) is 0 Å². The van der Waals surface area contributed by atoms with Crippen molar-refractivity contribution in [1.29, 1.82) is 0 Å². The molecule has 0 radical (unpaired) electrons. The number of amides is 1. The number of hydrogen-bond acceptors (Lipinski definition) is 2. The van der Waals surface area contributed by atoms with Crippen LogP contribution in [-0.2, 0) is 4.79 Å². The van der Waals surface area contributed by atoms with Gasteiger partial charge in [-0.15, -0.1) is 0 Å². The van der Waals surface area contributed by atoms with Gasteiger partial charge in [0.05, 0.1) is 0 Å². The minimum absolute atomic E-state index is 0.152. The third-order valence-electron chi connectivity index (χ3n) is 3.29. The van der Waals surface area contributed by atoms with Crippen molar-refractivity contribution < 1.29 is 9.53 Å². The normalized spacial score (nSPS) is 11.8. The van der Waals surface area contributed by atoms with Crippen molar-refractivity contribution in [2.24, 2.45) is 0 Å². The summed E-state index contributed by atoms with van der Waals surface area (Å²) in [5.41, 5.74) is 4.11. The maximum atomic E-state index is 12.2. The first kappa shape index (κ1) is 15.1. The van der Waals surface area contributed by atoms with E-state index in [4.69, 9.17) is 4.74 Å². The zero-order chi connectivity index (χ0) is 15.4. The Balaban J connectivity index is 2.02. The van der Waals surface area contributed by atoms with Crippen LogP contribution in [0, 0.1) is 20.8 Å². The Hall–Kier alpha value is -2.29. The van der Waals surface area contributed by atoms with Gasteiger partial charge >= 0.3 is 0 Å². The number of benzene rings is 2. The molecule has 21 heavy (non-hydrogen) atoms. The fourth-order valence-electron chi connectivity index (χ4n) is 2.14. The molecule has 0 aromatic heterocycles. The van der Waals surface area contributed by atoms with E-state index in [-0.39, 0.29) is 5.91 Å². The number of nitrogens with one attached hydrogen (secondary N) is 1. The molecule has 2 rings (SSSR count). The second-order valence-electron chi connectivity index (χ2n) is 5.39. The molecule has 0 saturated heterocycles. The van der Waals surface area contributed by atoms with Crippen LogP contribution in [0.4, 0.5) is 5.69 Å². The van der Waals surface area contributed by atoms with E-state index in [0.717, 1.165) is 22.6 Å². The first-order valence-electron chi connectivity index (χ1n) is 7.07. The van der Waals surface area contributed by atoms with E-state index in [9.17, 15) is 4.79 Å². The van der Waals surface area contributed by atoms with Gasteiger partial charge in [0.25, 0.3) is 5.91 Å². The lowest BCUT2D eigenvalue weighted by Crippen LogP contribution is -2.30. The number of hydrogen-bond donors (Lipinski definition) is 1. The summed E-state index contributed by atoms with van der Waals surface area (Å²) in [6, 6.07) is 13.6. The highest BCUT2D eigenvalue weighted by Crippen LogP contribution is 2.20. The summed E-state index contributed by atoms with van der Waals surface area (Å²) in [7, 11) is 0. The van der Waals surface area contributed by atoms with Crippen LogP contribution in [0.5, 0.6) is 5.75 Å². The highest BCUT2D eigenvalue weighted by atomic mass is 16.5. The maximum Gasteiger partial charge on any atom is 0.265 e. The zero-order valence-corrected chi connectivity index (χ0v) is 12.9. The Kier molecular flexibility index (Phi) is 4.63. The molecule has 0 aliphatic rings. The van der Waals surface area contributed by atoms with Crippen molar-refractivity contribution in [2.75, 3.05) is 5.32 Å². The molecular weight excluding hydrogens is 262 g/mol. The Morgan fingerprint density at radius 3 is 2.43 bits per heavy atom. The average molecular weight is 283 g/mol. The van der Waals surface area contributed by atoms with E-state index < -0.39 is 6.10 Å². The summed E-state index contributed by atoms with van der Waals surface area (Å²) in [5, 5.41) is 2.87. The van der Waals surface area contributed by atoms with E-state index in [1.807, 2.05) is 63.2 Å². The summed E-state index contributed by atoms with van der Waals surface area (Å²) in [4.78, 5) is 12.2. The number of carbonyl (C=O) groups excluding carboxylic acids is 1. The predicted molar refractivity (Wildman–Crippen MR) is 85.8 cm³/mol. The zero-order valence-electron chi connectivity index (χ0n) is 12.9. The molecule has 0 bridgehead atoms. The SMILES string of the molecule is Cc1cccc(NC(=O)C(C)Oc2ccc(C)cc2C)c1. The third-order valence-corrected chi connectivity index (χ3v) is 3.29. The van der Waals surface area contributed by atoms with E-state index in [1.54, 1.807) is 6.92 Å². The molecule has 1 unspecified atom stereocenters. The monoisotopic (exact) mass is 283 g/mol. The standard InChI is InChI=1S/C18H21NO2/c1-12-6-5-7-16(11-12)19-18(20)15(4)21-17-9-8-13(2)10-14(17)3/h5-11,15H,1-4H3,(H,19,20). The fourth-order valence-corrected chi connectivity index (χ4v) is 2.14. The minimum Gasteiger partial charge on any atom is -0.481 e. The van der Waals surface area contributed by atoms with Gasteiger partial charge in [0.2, 0.25) is 0 Å². The fraction of sp³-hybridized carbons (Fsp3) is 0.278. The van der Waals surface area contributed by atoms with Gasteiger partial charge in [-0.05, 0) is 57.0 Å². The topological polar surface area (TPSA) is 38.3 Å². The Bertz CT molecular complexity index is 649. The Labute approximate surface area is 126 Å².